The number of nitrogens with zero attached hydrogens (tertiary/aromatic N) is 3. The summed E-state index contributed by atoms with van der Waals surface area (Å²) in [6.45, 7) is 0.763. The first-order valence-corrected chi connectivity index (χ1v) is 7.62. The van der Waals surface area contributed by atoms with Gasteiger partial charge in [0.2, 0.25) is 5.88 Å². The third-order valence-electron chi connectivity index (χ3n) is 3.85. The topological polar surface area (TPSA) is 92.5 Å². The second kappa shape index (κ2) is 7.01. The summed E-state index contributed by atoms with van der Waals surface area (Å²) in [6.07, 6.45) is 1.30. The van der Waals surface area contributed by atoms with Crippen molar-refractivity contribution in [2.24, 2.45) is 0 Å². The van der Waals surface area contributed by atoms with Crippen LogP contribution < -0.4 is 4.74 Å². The molecule has 1 aromatic carbocycles. The van der Waals surface area contributed by atoms with E-state index in [0.29, 0.717) is 30.1 Å². The largest absolute Gasteiger partial charge is 0.471 e. The molecule has 2 aromatic rings. The van der Waals surface area contributed by atoms with Crippen LogP contribution in [0.4, 0.5) is 0 Å². The van der Waals surface area contributed by atoms with Crippen molar-refractivity contribution in [1.29, 1.82) is 5.26 Å². The lowest BCUT2D eigenvalue weighted by Crippen LogP contribution is -2.56. The van der Waals surface area contributed by atoms with Crippen molar-refractivity contribution in [3.63, 3.8) is 0 Å². The number of hydrogen-bond donors (Lipinski definition) is 0. The second-order valence-corrected chi connectivity index (χ2v) is 5.48. The van der Waals surface area contributed by atoms with E-state index >= 15 is 0 Å². The van der Waals surface area contributed by atoms with E-state index in [4.69, 9.17) is 14.7 Å². The number of hydrogen-bond acceptors (Lipinski definition) is 6. The van der Waals surface area contributed by atoms with Gasteiger partial charge < -0.3 is 14.4 Å². The molecule has 0 atom stereocenters. The highest BCUT2D eigenvalue weighted by molar-refractivity contribution is 6.05. The number of methoxy groups -OCH3 is 1. The van der Waals surface area contributed by atoms with Gasteiger partial charge in [-0.2, -0.15) is 5.26 Å². The first-order valence-electron chi connectivity index (χ1n) is 7.62. The third kappa shape index (κ3) is 3.43. The lowest BCUT2D eigenvalue weighted by Gasteiger charge is -2.38. The normalized spacial score (nSPS) is 13.5. The van der Waals surface area contributed by atoms with Crippen LogP contribution >= 0.6 is 0 Å². The standard InChI is InChI=1S/C18H15N3O4/c1-24-18(23)15-5-3-2-4-14(15)17(22)21-10-13(11-21)25-16-8-12(9-19)6-7-20-16/h2-8,13H,10-11H2,1H3. The van der Waals surface area contributed by atoms with Gasteiger partial charge in [-0.3, -0.25) is 4.79 Å². The predicted octanol–water partition coefficient (Wildman–Crippen LogP) is 1.64. The molecule has 7 nitrogen and oxygen atoms in total. The van der Waals surface area contributed by atoms with Crippen LogP contribution in [0.3, 0.4) is 0 Å². The summed E-state index contributed by atoms with van der Waals surface area (Å²) in [6, 6.07) is 11.7. The zero-order valence-electron chi connectivity index (χ0n) is 13.5. The molecule has 0 aliphatic carbocycles. The van der Waals surface area contributed by atoms with Crippen LogP contribution in [0.15, 0.2) is 42.6 Å². The molecule has 0 bridgehead atoms. The van der Waals surface area contributed by atoms with Gasteiger partial charge in [-0.1, -0.05) is 12.1 Å². The molecule has 0 radical (unpaired) electrons. The van der Waals surface area contributed by atoms with Crippen molar-refractivity contribution < 1.29 is 19.1 Å². The van der Waals surface area contributed by atoms with Crippen molar-refractivity contribution in [3.05, 3.63) is 59.3 Å². The minimum atomic E-state index is -0.546. The van der Waals surface area contributed by atoms with Gasteiger partial charge in [0.15, 0.2) is 0 Å². The Hall–Kier alpha value is -3.40. The Labute approximate surface area is 144 Å². The summed E-state index contributed by atoms with van der Waals surface area (Å²) in [5.41, 5.74) is 1.00. The lowest BCUT2D eigenvalue weighted by molar-refractivity contribution is 0.0157. The minimum absolute atomic E-state index is 0.198. The summed E-state index contributed by atoms with van der Waals surface area (Å²) in [4.78, 5) is 30.0. The highest BCUT2D eigenvalue weighted by Gasteiger charge is 2.34. The van der Waals surface area contributed by atoms with Crippen molar-refractivity contribution in [3.8, 4) is 11.9 Å². The van der Waals surface area contributed by atoms with Crippen molar-refractivity contribution in [2.75, 3.05) is 20.2 Å². The number of ether oxygens (including phenoxy) is 2. The van der Waals surface area contributed by atoms with Crippen LogP contribution in [-0.2, 0) is 4.74 Å². The molecule has 1 aliphatic heterocycles. The van der Waals surface area contributed by atoms with Crippen LogP contribution in [0.2, 0.25) is 0 Å². The second-order valence-electron chi connectivity index (χ2n) is 5.48. The monoisotopic (exact) mass is 337 g/mol. The van der Waals surface area contributed by atoms with Crippen LogP contribution in [0.1, 0.15) is 26.3 Å². The number of benzene rings is 1. The molecular weight excluding hydrogens is 322 g/mol. The molecule has 1 fully saturated rings. The van der Waals surface area contributed by atoms with Gasteiger partial charge in [-0.25, -0.2) is 9.78 Å². The number of rotatable bonds is 4. The number of amides is 1. The molecule has 1 aliphatic rings. The summed E-state index contributed by atoms with van der Waals surface area (Å²) >= 11 is 0. The number of esters is 1. The van der Waals surface area contributed by atoms with Gasteiger partial charge in [0.1, 0.15) is 6.10 Å². The van der Waals surface area contributed by atoms with Gasteiger partial charge in [0.25, 0.3) is 5.91 Å². The number of likely N-dealkylation sites (tertiary alicyclic amines) is 1. The van der Waals surface area contributed by atoms with Gasteiger partial charge in [-0.15, -0.1) is 0 Å². The molecular formula is C18H15N3O4. The van der Waals surface area contributed by atoms with E-state index in [1.165, 1.54) is 13.3 Å². The molecule has 1 aromatic heterocycles. The molecule has 3 rings (SSSR count). The number of nitriles is 1. The van der Waals surface area contributed by atoms with E-state index in [9.17, 15) is 9.59 Å². The van der Waals surface area contributed by atoms with Crippen molar-refractivity contribution >= 4 is 11.9 Å². The van der Waals surface area contributed by atoms with Crippen LogP contribution in [0, 0.1) is 11.3 Å². The van der Waals surface area contributed by atoms with Gasteiger partial charge in [0, 0.05) is 12.3 Å². The summed E-state index contributed by atoms with van der Waals surface area (Å²) in [7, 11) is 1.28. The molecule has 0 unspecified atom stereocenters. The van der Waals surface area contributed by atoms with Gasteiger partial charge in [0.05, 0.1) is 43.0 Å². The first-order chi connectivity index (χ1) is 12.1. The Morgan fingerprint density at radius 2 is 1.96 bits per heavy atom. The molecule has 0 saturated carbocycles. The van der Waals surface area contributed by atoms with Crippen molar-refractivity contribution in [1.82, 2.24) is 9.88 Å². The maximum Gasteiger partial charge on any atom is 0.338 e. The zero-order chi connectivity index (χ0) is 17.8. The Morgan fingerprint density at radius 1 is 1.24 bits per heavy atom. The average molecular weight is 337 g/mol. The molecule has 0 spiro atoms. The highest BCUT2D eigenvalue weighted by atomic mass is 16.5. The van der Waals surface area contributed by atoms with E-state index in [0.717, 1.165) is 0 Å². The van der Waals surface area contributed by atoms with E-state index in [1.807, 2.05) is 6.07 Å². The maximum atomic E-state index is 12.6. The first kappa shape index (κ1) is 16.5. The fourth-order valence-electron chi connectivity index (χ4n) is 2.52. The van der Waals surface area contributed by atoms with E-state index in [2.05, 4.69) is 4.98 Å². The fraction of sp³-hybridized carbons (Fsp3) is 0.222. The molecule has 0 N–H and O–H groups in total. The smallest absolute Gasteiger partial charge is 0.338 e. The SMILES string of the molecule is COC(=O)c1ccccc1C(=O)N1CC(Oc2cc(C#N)ccn2)C1. The Balaban J connectivity index is 1.64. The molecule has 2 heterocycles. The summed E-state index contributed by atoms with van der Waals surface area (Å²) in [5, 5.41) is 8.88. The summed E-state index contributed by atoms with van der Waals surface area (Å²) in [5.74, 6) is -0.444. The predicted molar refractivity (Wildman–Crippen MR) is 87.1 cm³/mol. The van der Waals surface area contributed by atoms with Crippen LogP contribution in [-0.4, -0.2) is 48.1 Å². The highest BCUT2D eigenvalue weighted by Crippen LogP contribution is 2.21. The quantitative estimate of drug-likeness (QED) is 0.788. The molecule has 1 amide bonds. The van der Waals surface area contributed by atoms with E-state index < -0.39 is 5.97 Å². The number of carbonyl (C=O) groups excluding carboxylic acids is 2. The Morgan fingerprint density at radius 3 is 2.64 bits per heavy atom. The van der Waals surface area contributed by atoms with Gasteiger partial charge >= 0.3 is 5.97 Å². The van der Waals surface area contributed by atoms with Crippen molar-refractivity contribution in [2.45, 2.75) is 6.10 Å². The third-order valence-corrected chi connectivity index (χ3v) is 3.85. The Kier molecular flexibility index (Phi) is 4.61. The summed E-state index contributed by atoms with van der Waals surface area (Å²) < 4.78 is 10.4. The lowest BCUT2D eigenvalue weighted by atomic mass is 10.0. The number of pyridine rings is 1. The average Bonchev–Trinajstić information content (AvgIpc) is 2.63. The molecule has 1 saturated heterocycles. The van der Waals surface area contributed by atoms with Gasteiger partial charge in [-0.05, 0) is 18.2 Å². The number of aromatic nitrogens is 1. The zero-order valence-corrected chi connectivity index (χ0v) is 13.5. The minimum Gasteiger partial charge on any atom is -0.471 e. The van der Waals surface area contributed by atoms with E-state index in [-0.39, 0.29) is 17.6 Å². The van der Waals surface area contributed by atoms with E-state index in [1.54, 1.807) is 41.3 Å². The molecule has 126 valence electrons. The Bertz CT molecular complexity index is 853. The molecule has 7 heteroatoms. The number of carbonyl (C=O) groups is 2. The van der Waals surface area contributed by atoms with Crippen LogP contribution in [0.5, 0.6) is 5.88 Å². The van der Waals surface area contributed by atoms with Crippen LogP contribution in [0.25, 0.3) is 0 Å². The maximum absolute atomic E-state index is 12.6. The fourth-order valence-corrected chi connectivity index (χ4v) is 2.52. The molecule has 25 heavy (non-hydrogen) atoms.